The molecule has 6 nitrogen and oxygen atoms in total. The summed E-state index contributed by atoms with van der Waals surface area (Å²) in [6.07, 6.45) is 4.58. The number of phenols is 1. The average molecular weight is 329 g/mol. The number of benzene rings is 1. The number of aromatic nitrogens is 2. The van der Waals surface area contributed by atoms with E-state index in [1.165, 1.54) is 6.07 Å². The van der Waals surface area contributed by atoms with Gasteiger partial charge < -0.3 is 14.7 Å². The van der Waals surface area contributed by atoms with E-state index in [-0.39, 0.29) is 17.4 Å². The monoisotopic (exact) mass is 329 g/mol. The van der Waals surface area contributed by atoms with Crippen molar-refractivity contribution in [2.24, 2.45) is 0 Å². The summed E-state index contributed by atoms with van der Waals surface area (Å²) < 4.78 is 7.88. The molecule has 1 unspecified atom stereocenters. The molecule has 3 rings (SSSR count). The van der Waals surface area contributed by atoms with Crippen LogP contribution in [0.3, 0.4) is 0 Å². The highest BCUT2D eigenvalue weighted by Gasteiger charge is 2.28. The summed E-state index contributed by atoms with van der Waals surface area (Å²) >= 11 is 0. The van der Waals surface area contributed by atoms with E-state index in [0.717, 1.165) is 25.2 Å². The van der Waals surface area contributed by atoms with Crippen molar-refractivity contribution in [2.75, 3.05) is 18.1 Å². The van der Waals surface area contributed by atoms with Crippen LogP contribution in [0.15, 0.2) is 30.5 Å². The molecule has 2 aromatic rings. The van der Waals surface area contributed by atoms with Crippen molar-refractivity contribution in [2.45, 2.75) is 38.8 Å². The van der Waals surface area contributed by atoms with Crippen LogP contribution in [0.25, 0.3) is 0 Å². The molecule has 128 valence electrons. The first-order valence-corrected chi connectivity index (χ1v) is 8.32. The minimum Gasteiger partial charge on any atom is -0.507 e. The minimum atomic E-state index is -0.0522. The average Bonchev–Trinajstić information content (AvgIpc) is 3.21. The molecular formula is C18H23N3O3. The van der Waals surface area contributed by atoms with E-state index in [0.29, 0.717) is 24.7 Å². The van der Waals surface area contributed by atoms with E-state index in [4.69, 9.17) is 4.74 Å². The normalized spacial score (nSPS) is 17.5. The number of carbonyl (C=O) groups is 1. The van der Waals surface area contributed by atoms with Gasteiger partial charge in [0.1, 0.15) is 23.9 Å². The van der Waals surface area contributed by atoms with Gasteiger partial charge in [-0.15, -0.1) is 0 Å². The molecule has 1 aliphatic rings. The zero-order chi connectivity index (χ0) is 17.1. The van der Waals surface area contributed by atoms with Gasteiger partial charge in [0.2, 0.25) is 0 Å². The topological polar surface area (TPSA) is 67.6 Å². The van der Waals surface area contributed by atoms with Crippen molar-refractivity contribution < 1.29 is 14.6 Å². The predicted molar refractivity (Wildman–Crippen MR) is 92.0 cm³/mol. The number of phenolic OH excluding ortho intramolecular Hbond substituents is 1. The summed E-state index contributed by atoms with van der Waals surface area (Å²) in [5.74, 6) is 1.47. The highest BCUT2D eigenvalue weighted by Crippen LogP contribution is 2.29. The quantitative estimate of drug-likeness (QED) is 0.825. The van der Waals surface area contributed by atoms with Crippen LogP contribution >= 0.6 is 0 Å². The Bertz CT molecular complexity index is 711. The van der Waals surface area contributed by atoms with Crippen LogP contribution in [0, 0.1) is 0 Å². The van der Waals surface area contributed by atoms with Gasteiger partial charge >= 0.3 is 0 Å². The maximum atomic E-state index is 11.2. The van der Waals surface area contributed by atoms with Crippen LogP contribution in [-0.4, -0.2) is 40.4 Å². The lowest BCUT2D eigenvalue weighted by molar-refractivity contribution is 0.111. The van der Waals surface area contributed by atoms with Gasteiger partial charge in [-0.1, -0.05) is 6.07 Å². The Hall–Kier alpha value is -2.50. The Labute approximate surface area is 141 Å². The molecule has 0 saturated carbocycles. The van der Waals surface area contributed by atoms with Gasteiger partial charge in [-0.2, -0.15) is 5.10 Å². The van der Waals surface area contributed by atoms with Gasteiger partial charge in [0.05, 0.1) is 17.8 Å². The van der Waals surface area contributed by atoms with Gasteiger partial charge in [-0.3, -0.25) is 4.79 Å². The third-order valence-corrected chi connectivity index (χ3v) is 4.40. The molecule has 0 bridgehead atoms. The molecule has 1 aromatic heterocycles. The van der Waals surface area contributed by atoms with Gasteiger partial charge in [0.25, 0.3) is 0 Å². The van der Waals surface area contributed by atoms with Crippen LogP contribution in [0.1, 0.15) is 43.1 Å². The molecule has 0 amide bonds. The van der Waals surface area contributed by atoms with E-state index in [1.54, 1.807) is 12.1 Å². The number of carbonyl (C=O) groups excluding carboxylic acids is 1. The molecule has 1 N–H and O–H groups in total. The molecule has 1 saturated heterocycles. The van der Waals surface area contributed by atoms with Crippen molar-refractivity contribution >= 4 is 12.1 Å². The number of anilines is 1. The van der Waals surface area contributed by atoms with Crippen molar-refractivity contribution in [3.8, 4) is 11.5 Å². The number of hydrogen-bond donors (Lipinski definition) is 1. The predicted octanol–water partition coefficient (Wildman–Crippen LogP) is 3.03. The number of aldehydes is 1. The summed E-state index contributed by atoms with van der Waals surface area (Å²) in [5, 5.41) is 14.2. The van der Waals surface area contributed by atoms with Gasteiger partial charge in [0.15, 0.2) is 6.29 Å². The third kappa shape index (κ3) is 3.09. The lowest BCUT2D eigenvalue weighted by Crippen LogP contribution is -2.36. The molecule has 1 aromatic carbocycles. The van der Waals surface area contributed by atoms with E-state index < -0.39 is 0 Å². The summed E-state index contributed by atoms with van der Waals surface area (Å²) in [7, 11) is 0. The summed E-state index contributed by atoms with van der Waals surface area (Å²) in [4.78, 5) is 13.5. The van der Waals surface area contributed by atoms with Gasteiger partial charge in [-0.25, -0.2) is 4.68 Å². The number of aromatic hydroxyl groups is 1. The summed E-state index contributed by atoms with van der Waals surface area (Å²) in [5.41, 5.74) is 0.203. The number of nitrogens with zero attached hydrogens (tertiary/aromatic N) is 3. The Morgan fingerprint density at radius 2 is 2.25 bits per heavy atom. The molecule has 0 spiro atoms. The van der Waals surface area contributed by atoms with E-state index in [9.17, 15) is 9.90 Å². The van der Waals surface area contributed by atoms with Crippen LogP contribution in [0.4, 0.5) is 5.82 Å². The molecule has 1 aliphatic heterocycles. The van der Waals surface area contributed by atoms with Crippen molar-refractivity contribution in [1.29, 1.82) is 0 Å². The SMILES string of the molecule is CC(C)n1nccc1N1CCCC1COc1cccc(O)c1C=O. The van der Waals surface area contributed by atoms with Gasteiger partial charge in [0, 0.05) is 18.7 Å². The molecule has 6 heteroatoms. The standard InChI is InChI=1S/C18H23N3O3/c1-13(2)21-18(8-9-19-21)20-10-4-5-14(20)12-24-17-7-3-6-16(23)15(17)11-22/h3,6-9,11,13-14,23H,4-5,10,12H2,1-2H3. The van der Waals surface area contributed by atoms with Crippen LogP contribution in [-0.2, 0) is 0 Å². The zero-order valence-electron chi connectivity index (χ0n) is 14.1. The van der Waals surface area contributed by atoms with Crippen molar-refractivity contribution in [3.05, 3.63) is 36.0 Å². The van der Waals surface area contributed by atoms with Crippen LogP contribution < -0.4 is 9.64 Å². The zero-order valence-corrected chi connectivity index (χ0v) is 14.1. The highest BCUT2D eigenvalue weighted by atomic mass is 16.5. The Morgan fingerprint density at radius 3 is 3.00 bits per heavy atom. The van der Waals surface area contributed by atoms with Gasteiger partial charge in [-0.05, 0) is 38.8 Å². The maximum Gasteiger partial charge on any atom is 0.157 e. The van der Waals surface area contributed by atoms with Crippen LogP contribution in [0.2, 0.25) is 0 Å². The number of ether oxygens (including phenoxy) is 1. The third-order valence-electron chi connectivity index (χ3n) is 4.40. The molecule has 0 radical (unpaired) electrons. The van der Waals surface area contributed by atoms with Crippen molar-refractivity contribution in [1.82, 2.24) is 9.78 Å². The lowest BCUT2D eigenvalue weighted by Gasteiger charge is -2.28. The lowest BCUT2D eigenvalue weighted by atomic mass is 10.2. The van der Waals surface area contributed by atoms with E-state index in [1.807, 2.05) is 16.9 Å². The first-order chi connectivity index (χ1) is 11.6. The van der Waals surface area contributed by atoms with Crippen LogP contribution in [0.5, 0.6) is 11.5 Å². The maximum absolute atomic E-state index is 11.2. The summed E-state index contributed by atoms with van der Waals surface area (Å²) in [6.45, 7) is 5.66. The number of rotatable bonds is 6. The molecule has 1 fully saturated rings. The second-order valence-corrected chi connectivity index (χ2v) is 6.33. The Balaban J connectivity index is 1.74. The second-order valence-electron chi connectivity index (χ2n) is 6.33. The minimum absolute atomic E-state index is 0.0522. The Kier molecular flexibility index (Phi) is 4.74. The highest BCUT2D eigenvalue weighted by molar-refractivity contribution is 5.83. The van der Waals surface area contributed by atoms with E-state index >= 15 is 0 Å². The smallest absolute Gasteiger partial charge is 0.157 e. The number of hydrogen-bond acceptors (Lipinski definition) is 5. The Morgan fingerprint density at radius 1 is 1.42 bits per heavy atom. The molecular weight excluding hydrogens is 306 g/mol. The van der Waals surface area contributed by atoms with E-state index in [2.05, 4.69) is 23.8 Å². The molecule has 0 aliphatic carbocycles. The van der Waals surface area contributed by atoms with Crippen molar-refractivity contribution in [3.63, 3.8) is 0 Å². The largest absolute Gasteiger partial charge is 0.507 e. The second kappa shape index (κ2) is 6.95. The molecule has 1 atom stereocenters. The molecule has 2 heterocycles. The first kappa shape index (κ1) is 16.4. The fourth-order valence-corrected chi connectivity index (χ4v) is 3.21. The summed E-state index contributed by atoms with van der Waals surface area (Å²) in [6, 6.07) is 7.42. The fraction of sp³-hybridized carbons (Fsp3) is 0.444. The fourth-order valence-electron chi connectivity index (χ4n) is 3.21. The molecule has 24 heavy (non-hydrogen) atoms. The first-order valence-electron chi connectivity index (χ1n) is 8.32.